The molecule has 0 aromatic rings. The fourth-order valence-corrected chi connectivity index (χ4v) is 2.44. The van der Waals surface area contributed by atoms with Crippen LogP contribution in [0.3, 0.4) is 0 Å². The molecular formula is C15H29NO. The minimum atomic E-state index is 0.274. The van der Waals surface area contributed by atoms with Crippen molar-refractivity contribution in [2.75, 3.05) is 6.54 Å². The molecule has 1 aliphatic rings. The maximum atomic E-state index is 11.8. The molecule has 1 unspecified atom stereocenters. The molecule has 0 aromatic heterocycles. The van der Waals surface area contributed by atoms with Crippen molar-refractivity contribution in [3.63, 3.8) is 0 Å². The molecule has 0 spiro atoms. The predicted octanol–water partition coefficient (Wildman–Crippen LogP) is 3.54. The summed E-state index contributed by atoms with van der Waals surface area (Å²) in [4.78, 5) is 11.8. The zero-order valence-corrected chi connectivity index (χ0v) is 11.8. The molecule has 100 valence electrons. The number of carbonyl (C=O) groups excluding carboxylic acids is 1. The number of carbonyl (C=O) groups is 1. The number of ketones is 1. The molecular weight excluding hydrogens is 210 g/mol. The van der Waals surface area contributed by atoms with Crippen molar-refractivity contribution in [3.05, 3.63) is 0 Å². The Kier molecular flexibility index (Phi) is 5.64. The molecule has 0 radical (unpaired) electrons. The average Bonchev–Trinajstić information content (AvgIpc) is 3.03. The van der Waals surface area contributed by atoms with Gasteiger partial charge in [0.1, 0.15) is 5.78 Å². The lowest BCUT2D eigenvalue weighted by atomic mass is 9.76. The molecule has 0 aromatic carbocycles. The maximum Gasteiger partial charge on any atom is 0.132 e. The smallest absolute Gasteiger partial charge is 0.132 e. The molecule has 2 nitrogen and oxygen atoms in total. The van der Waals surface area contributed by atoms with Crippen molar-refractivity contribution >= 4 is 5.78 Å². The van der Waals surface area contributed by atoms with E-state index >= 15 is 0 Å². The summed E-state index contributed by atoms with van der Waals surface area (Å²) in [5.41, 5.74) is 5.93. The van der Waals surface area contributed by atoms with Crippen LogP contribution in [0.1, 0.15) is 65.7 Å². The molecule has 1 aliphatic carbocycles. The molecule has 0 saturated heterocycles. The summed E-state index contributed by atoms with van der Waals surface area (Å²) in [6, 6.07) is 0. The van der Waals surface area contributed by atoms with Gasteiger partial charge in [0.15, 0.2) is 0 Å². The molecule has 1 fully saturated rings. The van der Waals surface area contributed by atoms with E-state index in [9.17, 15) is 4.79 Å². The van der Waals surface area contributed by atoms with Gasteiger partial charge in [-0.25, -0.2) is 0 Å². The first-order chi connectivity index (χ1) is 7.93. The van der Waals surface area contributed by atoms with E-state index in [2.05, 4.69) is 20.8 Å². The van der Waals surface area contributed by atoms with Crippen molar-refractivity contribution in [2.24, 2.45) is 23.0 Å². The third kappa shape index (κ3) is 6.21. The molecule has 1 rings (SSSR count). The van der Waals surface area contributed by atoms with E-state index in [-0.39, 0.29) is 5.41 Å². The summed E-state index contributed by atoms with van der Waals surface area (Å²) in [7, 11) is 0. The van der Waals surface area contributed by atoms with Crippen LogP contribution in [0.2, 0.25) is 0 Å². The molecule has 0 amide bonds. The van der Waals surface area contributed by atoms with Crippen molar-refractivity contribution in [1.82, 2.24) is 0 Å². The topological polar surface area (TPSA) is 43.1 Å². The first-order valence-electron chi connectivity index (χ1n) is 7.15. The lowest BCUT2D eigenvalue weighted by Gasteiger charge is -2.30. The van der Waals surface area contributed by atoms with E-state index in [4.69, 9.17) is 5.73 Å². The number of Topliss-reactive ketones (excluding diaryl/α,β-unsaturated/α-hetero) is 1. The Balaban J connectivity index is 2.22. The van der Waals surface area contributed by atoms with Gasteiger partial charge in [0.25, 0.3) is 0 Å². The van der Waals surface area contributed by atoms with Crippen molar-refractivity contribution in [2.45, 2.75) is 65.7 Å². The molecule has 1 saturated carbocycles. The van der Waals surface area contributed by atoms with Crippen LogP contribution < -0.4 is 5.73 Å². The first kappa shape index (κ1) is 14.7. The standard InChI is InChI=1S/C15H29NO/c1-15(2,3)13(10-11-16)7-9-14(17)8-6-12-4-5-12/h12-13H,4-11,16H2,1-3H3. The fraction of sp³-hybridized carbons (Fsp3) is 0.933. The minimum Gasteiger partial charge on any atom is -0.330 e. The third-order valence-corrected chi connectivity index (χ3v) is 4.04. The molecule has 2 N–H and O–H groups in total. The molecule has 0 aliphatic heterocycles. The molecule has 1 atom stereocenters. The molecule has 0 heterocycles. The summed E-state index contributed by atoms with van der Waals surface area (Å²) < 4.78 is 0. The van der Waals surface area contributed by atoms with Gasteiger partial charge in [0, 0.05) is 12.8 Å². The molecule has 0 bridgehead atoms. The second-order valence-corrected chi connectivity index (χ2v) is 6.70. The Morgan fingerprint density at radius 1 is 1.24 bits per heavy atom. The van der Waals surface area contributed by atoms with Crippen LogP contribution in [-0.2, 0) is 4.79 Å². The van der Waals surface area contributed by atoms with Gasteiger partial charge in [-0.15, -0.1) is 0 Å². The van der Waals surface area contributed by atoms with Crippen molar-refractivity contribution in [1.29, 1.82) is 0 Å². The van der Waals surface area contributed by atoms with E-state index < -0.39 is 0 Å². The van der Waals surface area contributed by atoms with Crippen molar-refractivity contribution in [3.8, 4) is 0 Å². The van der Waals surface area contributed by atoms with E-state index in [1.54, 1.807) is 0 Å². The third-order valence-electron chi connectivity index (χ3n) is 4.04. The van der Waals surface area contributed by atoms with E-state index in [0.717, 1.165) is 44.6 Å². The summed E-state index contributed by atoms with van der Waals surface area (Å²) in [6.45, 7) is 7.49. The van der Waals surface area contributed by atoms with Gasteiger partial charge in [-0.3, -0.25) is 4.79 Å². The van der Waals surface area contributed by atoms with Crippen LogP contribution in [0.15, 0.2) is 0 Å². The summed E-state index contributed by atoms with van der Waals surface area (Å²) in [5.74, 6) is 1.92. The fourth-order valence-electron chi connectivity index (χ4n) is 2.44. The van der Waals surface area contributed by atoms with Gasteiger partial charge in [-0.2, -0.15) is 0 Å². The van der Waals surface area contributed by atoms with Crippen LogP contribution in [0, 0.1) is 17.3 Å². The van der Waals surface area contributed by atoms with E-state index in [1.807, 2.05) is 0 Å². The SMILES string of the molecule is CC(C)(C)C(CCN)CCC(=O)CCC1CC1. The van der Waals surface area contributed by atoms with Gasteiger partial charge in [-0.1, -0.05) is 33.6 Å². The zero-order chi connectivity index (χ0) is 12.9. The highest BCUT2D eigenvalue weighted by atomic mass is 16.1. The van der Waals surface area contributed by atoms with Crippen LogP contribution in [0.4, 0.5) is 0 Å². The Bertz CT molecular complexity index is 238. The Labute approximate surface area is 106 Å². The Hall–Kier alpha value is -0.370. The molecule has 17 heavy (non-hydrogen) atoms. The van der Waals surface area contributed by atoms with Crippen LogP contribution in [-0.4, -0.2) is 12.3 Å². The highest BCUT2D eigenvalue weighted by Crippen LogP contribution is 2.35. The monoisotopic (exact) mass is 239 g/mol. The summed E-state index contributed by atoms with van der Waals surface area (Å²) in [5, 5.41) is 0. The normalized spacial score (nSPS) is 18.1. The maximum absolute atomic E-state index is 11.8. The average molecular weight is 239 g/mol. The van der Waals surface area contributed by atoms with E-state index in [0.29, 0.717) is 11.7 Å². The number of nitrogens with two attached hydrogens (primary N) is 1. The second-order valence-electron chi connectivity index (χ2n) is 6.70. The number of rotatable bonds is 8. The van der Waals surface area contributed by atoms with Gasteiger partial charge in [-0.05, 0) is 43.1 Å². The van der Waals surface area contributed by atoms with Gasteiger partial charge >= 0.3 is 0 Å². The summed E-state index contributed by atoms with van der Waals surface area (Å²) >= 11 is 0. The highest BCUT2D eigenvalue weighted by molar-refractivity contribution is 5.78. The van der Waals surface area contributed by atoms with Gasteiger partial charge < -0.3 is 5.73 Å². The zero-order valence-electron chi connectivity index (χ0n) is 11.8. The Morgan fingerprint density at radius 3 is 2.35 bits per heavy atom. The van der Waals surface area contributed by atoms with E-state index in [1.165, 1.54) is 12.8 Å². The number of hydrogen-bond donors (Lipinski definition) is 1. The van der Waals surface area contributed by atoms with Gasteiger partial charge in [0.2, 0.25) is 0 Å². The highest BCUT2D eigenvalue weighted by Gasteiger charge is 2.25. The summed E-state index contributed by atoms with van der Waals surface area (Å²) in [6.07, 6.45) is 7.47. The lowest BCUT2D eigenvalue weighted by Crippen LogP contribution is -2.24. The minimum absolute atomic E-state index is 0.274. The van der Waals surface area contributed by atoms with Crippen LogP contribution >= 0.6 is 0 Å². The van der Waals surface area contributed by atoms with Gasteiger partial charge in [0.05, 0.1) is 0 Å². The number of hydrogen-bond acceptors (Lipinski definition) is 2. The Morgan fingerprint density at radius 2 is 1.88 bits per heavy atom. The van der Waals surface area contributed by atoms with Crippen LogP contribution in [0.25, 0.3) is 0 Å². The quantitative estimate of drug-likeness (QED) is 0.704. The van der Waals surface area contributed by atoms with Crippen LogP contribution in [0.5, 0.6) is 0 Å². The molecule has 2 heteroatoms. The predicted molar refractivity (Wildman–Crippen MR) is 72.8 cm³/mol. The second kappa shape index (κ2) is 6.53. The first-order valence-corrected chi connectivity index (χ1v) is 7.15. The largest absolute Gasteiger partial charge is 0.330 e. The lowest BCUT2D eigenvalue weighted by molar-refractivity contribution is -0.119. The van der Waals surface area contributed by atoms with Crippen molar-refractivity contribution < 1.29 is 4.79 Å².